The number of hydrogen-bond donors (Lipinski definition) is 0. The van der Waals surface area contributed by atoms with Gasteiger partial charge in [0.1, 0.15) is 0 Å². The minimum atomic E-state index is 0.837. The third-order valence-electron chi connectivity index (χ3n) is 3.27. The lowest BCUT2D eigenvalue weighted by Gasteiger charge is -2.27. The van der Waals surface area contributed by atoms with Gasteiger partial charge in [0.05, 0.1) is 5.69 Å². The van der Waals surface area contributed by atoms with Gasteiger partial charge >= 0.3 is 0 Å². The molecule has 2 heterocycles. The van der Waals surface area contributed by atoms with Crippen LogP contribution in [0, 0.1) is 5.92 Å². The Morgan fingerprint density at radius 2 is 2.00 bits per heavy atom. The van der Waals surface area contributed by atoms with Crippen molar-refractivity contribution in [1.82, 2.24) is 0 Å². The van der Waals surface area contributed by atoms with Gasteiger partial charge in [-0.1, -0.05) is 12.1 Å². The number of fused-ring (bicyclic) bond motifs is 1. The molecule has 2 saturated heterocycles. The maximum Gasteiger partial charge on any atom is 0.0513 e. The zero-order chi connectivity index (χ0) is 8.84. The molecule has 1 saturated carbocycles. The van der Waals surface area contributed by atoms with Crippen molar-refractivity contribution >= 4 is 21.6 Å². The highest BCUT2D eigenvalue weighted by molar-refractivity contribution is 9.10. The van der Waals surface area contributed by atoms with Gasteiger partial charge in [0.15, 0.2) is 0 Å². The summed E-state index contributed by atoms with van der Waals surface area (Å²) in [6, 6.07) is 9.38. The number of hydrogen-bond acceptors (Lipinski definition) is 1. The molecule has 0 spiro atoms. The number of benzene rings is 1. The second-order valence-electron chi connectivity index (χ2n) is 4.10. The lowest BCUT2D eigenvalue weighted by Crippen LogP contribution is -2.28. The molecular weight excluding hydrogens is 226 g/mol. The van der Waals surface area contributed by atoms with Crippen LogP contribution in [0.25, 0.3) is 0 Å². The predicted octanol–water partition coefficient (Wildman–Crippen LogP) is 3.05. The van der Waals surface area contributed by atoms with Crippen LogP contribution in [0.5, 0.6) is 0 Å². The Hall–Kier alpha value is -0.500. The molecule has 3 aliphatic rings. The molecule has 2 bridgehead atoms. The normalized spacial score (nSPS) is 30.4. The quantitative estimate of drug-likeness (QED) is 0.726. The first-order chi connectivity index (χ1) is 6.34. The molecule has 4 rings (SSSR count). The highest BCUT2D eigenvalue weighted by Gasteiger charge is 2.42. The SMILES string of the molecule is Brc1ccccc1N1CC2CC1C2. The molecule has 3 fully saturated rings. The van der Waals surface area contributed by atoms with Crippen molar-refractivity contribution in [3.05, 3.63) is 28.7 Å². The van der Waals surface area contributed by atoms with E-state index in [1.54, 1.807) is 0 Å². The van der Waals surface area contributed by atoms with Crippen LogP contribution in [0.3, 0.4) is 0 Å². The first-order valence-electron chi connectivity index (χ1n) is 4.86. The fourth-order valence-electron chi connectivity index (χ4n) is 2.51. The number of rotatable bonds is 1. The van der Waals surface area contributed by atoms with Gasteiger partial charge in [0, 0.05) is 17.1 Å². The fourth-order valence-corrected chi connectivity index (χ4v) is 3.02. The Bertz CT molecular complexity index is 331. The van der Waals surface area contributed by atoms with Gasteiger partial charge in [0.25, 0.3) is 0 Å². The second-order valence-corrected chi connectivity index (χ2v) is 4.95. The van der Waals surface area contributed by atoms with Crippen LogP contribution < -0.4 is 4.90 Å². The van der Waals surface area contributed by atoms with E-state index in [9.17, 15) is 0 Å². The molecule has 1 aromatic rings. The van der Waals surface area contributed by atoms with Crippen molar-refractivity contribution in [2.24, 2.45) is 5.92 Å². The molecule has 0 atom stereocenters. The predicted molar refractivity (Wildman–Crippen MR) is 58.0 cm³/mol. The van der Waals surface area contributed by atoms with E-state index >= 15 is 0 Å². The highest BCUT2D eigenvalue weighted by atomic mass is 79.9. The summed E-state index contributed by atoms with van der Waals surface area (Å²) in [7, 11) is 0. The van der Waals surface area contributed by atoms with Crippen molar-refractivity contribution in [1.29, 1.82) is 0 Å². The van der Waals surface area contributed by atoms with Crippen LogP contribution >= 0.6 is 15.9 Å². The Labute approximate surface area is 86.9 Å². The molecule has 0 N–H and O–H groups in total. The number of para-hydroxylation sites is 1. The fraction of sp³-hybridized carbons (Fsp3) is 0.455. The molecule has 1 aliphatic carbocycles. The van der Waals surface area contributed by atoms with Gasteiger partial charge in [0.2, 0.25) is 0 Å². The molecule has 1 aromatic carbocycles. The smallest absolute Gasteiger partial charge is 0.0513 e. The molecule has 68 valence electrons. The lowest BCUT2D eigenvalue weighted by molar-refractivity contribution is 0.381. The third-order valence-corrected chi connectivity index (χ3v) is 3.94. The summed E-state index contributed by atoms with van der Waals surface area (Å²) >= 11 is 3.61. The van der Waals surface area contributed by atoms with Gasteiger partial charge in [-0.15, -0.1) is 0 Å². The average molecular weight is 238 g/mol. The van der Waals surface area contributed by atoms with Crippen molar-refractivity contribution in [3.8, 4) is 0 Å². The Morgan fingerprint density at radius 1 is 1.23 bits per heavy atom. The van der Waals surface area contributed by atoms with Gasteiger partial charge in [-0.05, 0) is 46.8 Å². The molecule has 0 aromatic heterocycles. The molecule has 1 nitrogen and oxygen atoms in total. The monoisotopic (exact) mass is 237 g/mol. The summed E-state index contributed by atoms with van der Waals surface area (Å²) < 4.78 is 1.24. The first kappa shape index (κ1) is 7.86. The van der Waals surface area contributed by atoms with E-state index in [-0.39, 0.29) is 0 Å². The molecular formula is C11H12BrN. The molecule has 0 radical (unpaired) electrons. The summed E-state index contributed by atoms with van der Waals surface area (Å²) in [6.07, 6.45) is 2.84. The van der Waals surface area contributed by atoms with Crippen molar-refractivity contribution in [3.63, 3.8) is 0 Å². The van der Waals surface area contributed by atoms with Crippen molar-refractivity contribution in [2.75, 3.05) is 11.4 Å². The van der Waals surface area contributed by atoms with Crippen LogP contribution in [0.15, 0.2) is 28.7 Å². The zero-order valence-electron chi connectivity index (χ0n) is 7.41. The Kier molecular flexibility index (Phi) is 1.66. The summed E-state index contributed by atoms with van der Waals surface area (Å²) in [5, 5.41) is 0. The van der Waals surface area contributed by atoms with E-state index in [4.69, 9.17) is 0 Å². The maximum absolute atomic E-state index is 3.61. The standard InChI is InChI=1S/C11H12BrN/c12-10-3-1-2-4-11(10)13-7-8-5-9(13)6-8/h1-4,8-9H,5-7H2. The second kappa shape index (κ2) is 2.74. The van der Waals surface area contributed by atoms with Gasteiger partial charge in [-0.3, -0.25) is 0 Å². The van der Waals surface area contributed by atoms with E-state index < -0.39 is 0 Å². The van der Waals surface area contributed by atoms with Crippen LogP contribution in [-0.2, 0) is 0 Å². The average Bonchev–Trinajstić information content (AvgIpc) is 2.61. The Morgan fingerprint density at radius 3 is 2.62 bits per heavy atom. The summed E-state index contributed by atoms with van der Waals surface area (Å²) in [4.78, 5) is 2.55. The molecule has 0 amide bonds. The summed E-state index contributed by atoms with van der Waals surface area (Å²) in [5.41, 5.74) is 1.38. The molecule has 2 heteroatoms. The third kappa shape index (κ3) is 1.12. The molecule has 0 unspecified atom stereocenters. The molecule has 2 aliphatic heterocycles. The van der Waals surface area contributed by atoms with Crippen molar-refractivity contribution in [2.45, 2.75) is 18.9 Å². The number of anilines is 1. The van der Waals surface area contributed by atoms with E-state index in [2.05, 4.69) is 45.1 Å². The highest BCUT2D eigenvalue weighted by Crippen LogP contribution is 2.44. The van der Waals surface area contributed by atoms with Crippen LogP contribution in [0.2, 0.25) is 0 Å². The lowest BCUT2D eigenvalue weighted by atomic mass is 9.86. The van der Waals surface area contributed by atoms with Gasteiger partial charge in [-0.25, -0.2) is 0 Å². The van der Waals surface area contributed by atoms with E-state index in [0.717, 1.165) is 12.0 Å². The zero-order valence-corrected chi connectivity index (χ0v) is 9.00. The van der Waals surface area contributed by atoms with E-state index in [0.29, 0.717) is 0 Å². The largest absolute Gasteiger partial charge is 0.367 e. The maximum atomic E-state index is 3.61. The van der Waals surface area contributed by atoms with Crippen LogP contribution in [0.4, 0.5) is 5.69 Å². The summed E-state index contributed by atoms with van der Waals surface area (Å²) in [6.45, 7) is 1.27. The summed E-state index contributed by atoms with van der Waals surface area (Å²) in [5.74, 6) is 0.983. The van der Waals surface area contributed by atoms with E-state index in [1.807, 2.05) is 0 Å². The number of halogens is 1. The van der Waals surface area contributed by atoms with E-state index in [1.165, 1.54) is 29.5 Å². The minimum Gasteiger partial charge on any atom is -0.367 e. The first-order valence-corrected chi connectivity index (χ1v) is 5.65. The van der Waals surface area contributed by atoms with Crippen molar-refractivity contribution < 1.29 is 0 Å². The number of nitrogens with zero attached hydrogens (tertiary/aromatic N) is 1. The van der Waals surface area contributed by atoms with Crippen LogP contribution in [-0.4, -0.2) is 12.6 Å². The van der Waals surface area contributed by atoms with Crippen LogP contribution in [0.1, 0.15) is 12.8 Å². The Balaban J connectivity index is 1.96. The molecule has 13 heavy (non-hydrogen) atoms. The topological polar surface area (TPSA) is 3.24 Å². The minimum absolute atomic E-state index is 0.837. The van der Waals surface area contributed by atoms with Gasteiger partial charge < -0.3 is 4.90 Å². The van der Waals surface area contributed by atoms with Gasteiger partial charge in [-0.2, -0.15) is 0 Å².